The van der Waals surface area contributed by atoms with Gasteiger partial charge in [-0.15, -0.1) is 0 Å². The number of piperidine rings is 1. The number of nitrogens with zero attached hydrogens (tertiary/aromatic N) is 1. The lowest BCUT2D eigenvalue weighted by atomic mass is 9.97. The van der Waals surface area contributed by atoms with E-state index in [0.29, 0.717) is 24.2 Å². The second-order valence-corrected chi connectivity index (χ2v) is 5.78. The molecule has 0 aliphatic carbocycles. The number of benzene rings is 1. The average Bonchev–Trinajstić information content (AvgIpc) is 2.48. The number of carbonyl (C=O) groups is 2. The summed E-state index contributed by atoms with van der Waals surface area (Å²) in [7, 11) is 0. The number of carbonyl (C=O) groups excluding carboxylic acids is 2. The largest absolute Gasteiger partial charge is 0.393 e. The highest BCUT2D eigenvalue weighted by molar-refractivity contribution is 5.88. The van der Waals surface area contributed by atoms with E-state index >= 15 is 0 Å². The smallest absolute Gasteiger partial charge is 0.342 e. The molecule has 0 saturated carbocycles. The van der Waals surface area contributed by atoms with Gasteiger partial charge >= 0.3 is 6.18 Å². The summed E-state index contributed by atoms with van der Waals surface area (Å²) in [5.74, 6) is -1.92. The molecule has 1 aromatic rings. The Morgan fingerprint density at radius 2 is 1.91 bits per heavy atom. The number of hydrogen-bond acceptors (Lipinski definition) is 2. The molecule has 4 nitrogen and oxygen atoms in total. The number of nitrogens with one attached hydrogen (secondary N) is 1. The molecule has 0 bridgehead atoms. The van der Waals surface area contributed by atoms with Gasteiger partial charge in [-0.3, -0.25) is 9.59 Å². The van der Waals surface area contributed by atoms with Crippen molar-refractivity contribution in [3.63, 3.8) is 0 Å². The van der Waals surface area contributed by atoms with E-state index < -0.39 is 12.1 Å². The zero-order chi connectivity index (χ0) is 17.0. The molecule has 0 unspecified atom stereocenters. The lowest BCUT2D eigenvalue weighted by Crippen LogP contribution is -2.45. The fraction of sp³-hybridized carbons (Fsp3) is 0.500. The molecule has 1 aliphatic heterocycles. The van der Waals surface area contributed by atoms with Crippen LogP contribution in [0, 0.1) is 5.92 Å². The maximum atomic E-state index is 12.8. The Balaban J connectivity index is 1.94. The van der Waals surface area contributed by atoms with Crippen molar-refractivity contribution in [2.24, 2.45) is 5.92 Å². The normalized spacial score (nSPS) is 18.6. The summed E-state index contributed by atoms with van der Waals surface area (Å²) in [4.78, 5) is 24.4. The van der Waals surface area contributed by atoms with E-state index in [-0.39, 0.29) is 31.2 Å². The Labute approximate surface area is 132 Å². The fourth-order valence-electron chi connectivity index (χ4n) is 2.67. The molecule has 126 valence electrons. The molecule has 7 heteroatoms. The summed E-state index contributed by atoms with van der Waals surface area (Å²) in [5, 5.41) is 2.61. The van der Waals surface area contributed by atoms with Gasteiger partial charge < -0.3 is 10.2 Å². The summed E-state index contributed by atoms with van der Waals surface area (Å²) in [6.45, 7) is 1.51. The third kappa shape index (κ3) is 4.97. The third-order valence-corrected chi connectivity index (χ3v) is 3.87. The van der Waals surface area contributed by atoms with Gasteiger partial charge in [0.25, 0.3) is 0 Å². The van der Waals surface area contributed by atoms with E-state index in [4.69, 9.17) is 0 Å². The SMILES string of the molecule is CC(=O)Nc1ccc(CC(=O)N2CCC[C@@H](C(F)(F)F)C2)cc1. The first-order valence-electron chi connectivity index (χ1n) is 7.46. The van der Waals surface area contributed by atoms with Crippen LogP contribution in [0.3, 0.4) is 0 Å². The minimum Gasteiger partial charge on any atom is -0.342 e. The molecular weight excluding hydrogens is 309 g/mol. The number of hydrogen-bond donors (Lipinski definition) is 1. The Morgan fingerprint density at radius 3 is 2.48 bits per heavy atom. The van der Waals surface area contributed by atoms with E-state index in [1.54, 1.807) is 24.3 Å². The van der Waals surface area contributed by atoms with Crippen molar-refractivity contribution in [3.05, 3.63) is 29.8 Å². The molecular formula is C16H19F3N2O2. The Hall–Kier alpha value is -2.05. The minimum atomic E-state index is -4.25. The summed E-state index contributed by atoms with van der Waals surface area (Å²) >= 11 is 0. The number of likely N-dealkylation sites (tertiary alicyclic amines) is 1. The minimum absolute atomic E-state index is 0.0604. The molecule has 1 aromatic carbocycles. The molecule has 1 heterocycles. The molecule has 1 atom stereocenters. The predicted octanol–water partition coefficient (Wildman–Crippen LogP) is 2.99. The van der Waals surface area contributed by atoms with E-state index in [1.165, 1.54) is 11.8 Å². The van der Waals surface area contributed by atoms with Crippen LogP contribution in [-0.4, -0.2) is 36.0 Å². The maximum Gasteiger partial charge on any atom is 0.393 e. The first kappa shape index (κ1) is 17.3. The Kier molecular flexibility index (Phi) is 5.28. The second kappa shape index (κ2) is 7.02. The topological polar surface area (TPSA) is 49.4 Å². The van der Waals surface area contributed by atoms with Gasteiger partial charge in [0.15, 0.2) is 0 Å². The van der Waals surface area contributed by atoms with Gasteiger partial charge in [0.2, 0.25) is 11.8 Å². The number of amides is 2. The number of halogens is 3. The van der Waals surface area contributed by atoms with Gasteiger partial charge in [0.05, 0.1) is 12.3 Å². The van der Waals surface area contributed by atoms with Crippen molar-refractivity contribution in [1.82, 2.24) is 4.90 Å². The molecule has 23 heavy (non-hydrogen) atoms. The number of alkyl halides is 3. The highest BCUT2D eigenvalue weighted by atomic mass is 19.4. The third-order valence-electron chi connectivity index (χ3n) is 3.87. The highest BCUT2D eigenvalue weighted by Gasteiger charge is 2.42. The van der Waals surface area contributed by atoms with Crippen LogP contribution in [0.1, 0.15) is 25.3 Å². The van der Waals surface area contributed by atoms with Gasteiger partial charge in [-0.2, -0.15) is 13.2 Å². The quantitative estimate of drug-likeness (QED) is 0.927. The van der Waals surface area contributed by atoms with Crippen molar-refractivity contribution in [2.45, 2.75) is 32.4 Å². The van der Waals surface area contributed by atoms with Crippen LogP contribution >= 0.6 is 0 Å². The van der Waals surface area contributed by atoms with Crippen LogP contribution in [0.2, 0.25) is 0 Å². The standard InChI is InChI=1S/C16H19F3N2O2/c1-11(22)20-14-6-4-12(5-7-14)9-15(23)21-8-2-3-13(10-21)16(17,18)19/h4-7,13H,2-3,8-10H2,1H3,(H,20,22)/t13-/m1/s1. The molecule has 0 aromatic heterocycles. The molecule has 0 radical (unpaired) electrons. The van der Waals surface area contributed by atoms with E-state index in [0.717, 1.165) is 0 Å². The van der Waals surface area contributed by atoms with Crippen LogP contribution in [0.4, 0.5) is 18.9 Å². The van der Waals surface area contributed by atoms with Crippen LogP contribution in [-0.2, 0) is 16.0 Å². The van der Waals surface area contributed by atoms with Crippen LogP contribution in [0.25, 0.3) is 0 Å². The number of anilines is 1. The summed E-state index contributed by atoms with van der Waals surface area (Å²) in [5.41, 5.74) is 1.32. The van der Waals surface area contributed by atoms with Crippen LogP contribution in [0.15, 0.2) is 24.3 Å². The van der Waals surface area contributed by atoms with Crippen LogP contribution < -0.4 is 5.32 Å². The highest BCUT2D eigenvalue weighted by Crippen LogP contribution is 2.33. The van der Waals surface area contributed by atoms with Gasteiger partial charge in [-0.1, -0.05) is 12.1 Å². The molecule has 2 rings (SSSR count). The molecule has 0 spiro atoms. The van der Waals surface area contributed by atoms with Gasteiger partial charge in [-0.05, 0) is 30.5 Å². The molecule has 1 saturated heterocycles. The van der Waals surface area contributed by atoms with Crippen molar-refractivity contribution in [1.29, 1.82) is 0 Å². The zero-order valence-electron chi connectivity index (χ0n) is 12.8. The summed E-state index contributed by atoms with van der Waals surface area (Å²) in [6.07, 6.45) is -3.74. The monoisotopic (exact) mass is 328 g/mol. The molecule has 2 amide bonds. The first-order valence-corrected chi connectivity index (χ1v) is 7.46. The average molecular weight is 328 g/mol. The van der Waals surface area contributed by atoms with E-state index in [2.05, 4.69) is 5.32 Å². The Bertz CT molecular complexity index is 570. The van der Waals surface area contributed by atoms with E-state index in [9.17, 15) is 22.8 Å². The lowest BCUT2D eigenvalue weighted by Gasteiger charge is -2.33. The maximum absolute atomic E-state index is 12.8. The van der Waals surface area contributed by atoms with E-state index in [1.807, 2.05) is 0 Å². The van der Waals surface area contributed by atoms with Crippen molar-refractivity contribution in [3.8, 4) is 0 Å². The van der Waals surface area contributed by atoms with Crippen LogP contribution in [0.5, 0.6) is 0 Å². The van der Waals surface area contributed by atoms with Crippen molar-refractivity contribution < 1.29 is 22.8 Å². The fourth-order valence-corrected chi connectivity index (χ4v) is 2.67. The predicted molar refractivity (Wildman–Crippen MR) is 79.8 cm³/mol. The van der Waals surface area contributed by atoms with Crippen molar-refractivity contribution in [2.75, 3.05) is 18.4 Å². The van der Waals surface area contributed by atoms with Crippen molar-refractivity contribution >= 4 is 17.5 Å². The lowest BCUT2D eigenvalue weighted by molar-refractivity contribution is -0.187. The Morgan fingerprint density at radius 1 is 1.26 bits per heavy atom. The molecule has 1 N–H and O–H groups in total. The molecule has 1 aliphatic rings. The van der Waals surface area contributed by atoms with Gasteiger partial charge in [0.1, 0.15) is 0 Å². The summed E-state index contributed by atoms with van der Waals surface area (Å²) in [6, 6.07) is 6.71. The zero-order valence-corrected chi connectivity index (χ0v) is 12.8. The summed E-state index contributed by atoms with van der Waals surface area (Å²) < 4.78 is 38.3. The van der Waals surface area contributed by atoms with Gasteiger partial charge in [0, 0.05) is 25.7 Å². The second-order valence-electron chi connectivity index (χ2n) is 5.78. The van der Waals surface area contributed by atoms with Gasteiger partial charge in [-0.25, -0.2) is 0 Å². The number of rotatable bonds is 3. The molecule has 1 fully saturated rings. The first-order chi connectivity index (χ1) is 10.8.